The number of ketones is 1. The lowest BCUT2D eigenvalue weighted by Crippen LogP contribution is -2.18. The van der Waals surface area contributed by atoms with Gasteiger partial charge in [-0.1, -0.05) is 11.6 Å². The average Bonchev–Trinajstić information content (AvgIpc) is 2.47. The molecule has 0 aliphatic rings. The molecule has 2 rings (SSSR count). The van der Waals surface area contributed by atoms with Crippen LogP contribution in [0.4, 0.5) is 0 Å². The van der Waals surface area contributed by atoms with Crippen LogP contribution in [-0.2, 0) is 4.79 Å². The minimum atomic E-state index is -0.523. The quantitative estimate of drug-likeness (QED) is 0.477. The van der Waals surface area contributed by atoms with Crippen LogP contribution in [0, 0.1) is 6.92 Å². The highest BCUT2D eigenvalue weighted by Crippen LogP contribution is 2.21. The van der Waals surface area contributed by atoms with Crippen molar-refractivity contribution in [1.82, 2.24) is 0 Å². The van der Waals surface area contributed by atoms with Crippen LogP contribution in [-0.4, -0.2) is 18.4 Å². The largest absolute Gasteiger partial charge is 0.482 e. The second-order valence-corrected chi connectivity index (χ2v) is 5.19. The maximum atomic E-state index is 11.7. The molecule has 0 aliphatic carbocycles. The predicted molar refractivity (Wildman–Crippen MR) is 83.8 cm³/mol. The fourth-order valence-electron chi connectivity index (χ4n) is 1.83. The van der Waals surface area contributed by atoms with Crippen molar-refractivity contribution in [1.29, 1.82) is 0 Å². The van der Waals surface area contributed by atoms with Crippen LogP contribution in [0.15, 0.2) is 42.5 Å². The van der Waals surface area contributed by atoms with Gasteiger partial charge in [-0.15, -0.1) is 0 Å². The summed E-state index contributed by atoms with van der Waals surface area (Å²) in [6.45, 7) is 3.10. The van der Waals surface area contributed by atoms with Gasteiger partial charge in [0.05, 0.1) is 0 Å². The van der Waals surface area contributed by atoms with Crippen LogP contribution in [0.2, 0.25) is 5.02 Å². The zero-order valence-electron chi connectivity index (χ0n) is 12.3. The first-order chi connectivity index (χ1) is 10.5. The number of rotatable bonds is 5. The minimum Gasteiger partial charge on any atom is -0.482 e. The van der Waals surface area contributed by atoms with E-state index >= 15 is 0 Å². The molecule has 2 aromatic rings. The molecule has 22 heavy (non-hydrogen) atoms. The fourth-order valence-corrected chi connectivity index (χ4v) is 2.06. The van der Waals surface area contributed by atoms with Crippen LogP contribution in [0.25, 0.3) is 0 Å². The molecular weight excluding hydrogens is 304 g/mol. The summed E-state index contributed by atoms with van der Waals surface area (Å²) in [5, 5.41) is 0.609. The Morgan fingerprint density at radius 2 is 1.77 bits per heavy atom. The Hall–Kier alpha value is -2.33. The summed E-state index contributed by atoms with van der Waals surface area (Å²) in [4.78, 5) is 22.9. The molecule has 0 aromatic heterocycles. The highest BCUT2D eigenvalue weighted by Gasteiger charge is 2.08. The zero-order valence-corrected chi connectivity index (χ0v) is 13.0. The van der Waals surface area contributed by atoms with Crippen LogP contribution in [0.3, 0.4) is 0 Å². The summed E-state index contributed by atoms with van der Waals surface area (Å²) < 4.78 is 10.5. The Bertz CT molecular complexity index is 692. The molecule has 0 fully saturated rings. The van der Waals surface area contributed by atoms with Crippen LogP contribution >= 0.6 is 11.6 Å². The Labute approximate surface area is 133 Å². The summed E-state index contributed by atoms with van der Waals surface area (Å²) in [6.07, 6.45) is 0. The van der Waals surface area contributed by atoms with Crippen molar-refractivity contribution in [2.45, 2.75) is 13.8 Å². The summed E-state index contributed by atoms with van der Waals surface area (Å²) in [5.41, 5.74) is 1.40. The van der Waals surface area contributed by atoms with Gasteiger partial charge in [0.25, 0.3) is 0 Å². The first-order valence-electron chi connectivity index (χ1n) is 6.66. The molecule has 0 amide bonds. The summed E-state index contributed by atoms with van der Waals surface area (Å²) in [6, 6.07) is 11.5. The molecule has 2 aromatic carbocycles. The molecule has 114 valence electrons. The van der Waals surface area contributed by atoms with E-state index < -0.39 is 5.97 Å². The zero-order chi connectivity index (χ0) is 16.1. The molecule has 0 saturated heterocycles. The number of benzene rings is 2. The molecule has 0 bridgehead atoms. The van der Waals surface area contributed by atoms with Crippen molar-refractivity contribution in [3.8, 4) is 11.5 Å². The van der Waals surface area contributed by atoms with Crippen molar-refractivity contribution >= 4 is 23.4 Å². The van der Waals surface area contributed by atoms with Gasteiger partial charge in [-0.05, 0) is 61.9 Å². The van der Waals surface area contributed by atoms with Gasteiger partial charge in [-0.2, -0.15) is 0 Å². The topological polar surface area (TPSA) is 52.6 Å². The van der Waals surface area contributed by atoms with Gasteiger partial charge in [-0.25, -0.2) is 4.79 Å². The van der Waals surface area contributed by atoms with Gasteiger partial charge in [0.2, 0.25) is 0 Å². The number of hydrogen-bond acceptors (Lipinski definition) is 4. The summed E-state index contributed by atoms with van der Waals surface area (Å²) >= 11 is 5.85. The second-order valence-electron chi connectivity index (χ2n) is 4.75. The number of halogens is 1. The lowest BCUT2D eigenvalue weighted by atomic mass is 10.1. The van der Waals surface area contributed by atoms with Crippen LogP contribution in [0.5, 0.6) is 11.5 Å². The second kappa shape index (κ2) is 7.09. The number of carbonyl (C=O) groups is 2. The molecule has 0 aliphatic heterocycles. The van der Waals surface area contributed by atoms with Crippen molar-refractivity contribution in [3.63, 3.8) is 0 Å². The Kier molecular flexibility index (Phi) is 5.17. The van der Waals surface area contributed by atoms with E-state index in [1.165, 1.54) is 6.92 Å². The number of Topliss-reactive ketones (excluding diaryl/α,β-unsaturated/α-hetero) is 1. The molecular formula is C17H15ClO4. The summed E-state index contributed by atoms with van der Waals surface area (Å²) in [7, 11) is 0. The van der Waals surface area contributed by atoms with Crippen LogP contribution < -0.4 is 9.47 Å². The van der Waals surface area contributed by atoms with E-state index in [4.69, 9.17) is 21.1 Å². The monoisotopic (exact) mass is 318 g/mol. The third-order valence-corrected chi connectivity index (χ3v) is 3.21. The standard InChI is InChI=1S/C17H15ClO4/c1-11-9-14(18)5-8-16(11)21-10-17(20)22-15-6-3-13(4-7-15)12(2)19/h3-9H,10H2,1-2H3. The van der Waals surface area contributed by atoms with E-state index in [-0.39, 0.29) is 12.4 Å². The van der Waals surface area contributed by atoms with Crippen molar-refractivity contribution < 1.29 is 19.1 Å². The molecule has 0 heterocycles. The number of esters is 1. The number of aryl methyl sites for hydroxylation is 1. The molecule has 0 unspecified atom stereocenters. The molecule has 0 N–H and O–H groups in total. The Balaban J connectivity index is 1.91. The average molecular weight is 319 g/mol. The molecule has 0 saturated carbocycles. The minimum absolute atomic E-state index is 0.0422. The smallest absolute Gasteiger partial charge is 0.349 e. The van der Waals surface area contributed by atoms with E-state index in [9.17, 15) is 9.59 Å². The molecule has 5 heteroatoms. The molecule has 0 spiro atoms. The van der Waals surface area contributed by atoms with Gasteiger partial charge in [0.15, 0.2) is 12.4 Å². The third kappa shape index (κ3) is 4.33. The number of hydrogen-bond donors (Lipinski definition) is 0. The number of carbonyl (C=O) groups excluding carboxylic acids is 2. The highest BCUT2D eigenvalue weighted by atomic mass is 35.5. The summed E-state index contributed by atoms with van der Waals surface area (Å²) in [5.74, 6) is 0.379. The number of ether oxygens (including phenoxy) is 2. The highest BCUT2D eigenvalue weighted by molar-refractivity contribution is 6.30. The van der Waals surface area contributed by atoms with Gasteiger partial charge in [0, 0.05) is 10.6 Å². The lowest BCUT2D eigenvalue weighted by molar-refractivity contribution is -0.136. The van der Waals surface area contributed by atoms with Gasteiger partial charge >= 0.3 is 5.97 Å². The van der Waals surface area contributed by atoms with Gasteiger partial charge < -0.3 is 9.47 Å². The first kappa shape index (κ1) is 16.0. The Morgan fingerprint density at radius 3 is 2.36 bits per heavy atom. The van der Waals surface area contributed by atoms with E-state index in [0.29, 0.717) is 22.1 Å². The first-order valence-corrected chi connectivity index (χ1v) is 7.04. The molecule has 4 nitrogen and oxygen atoms in total. The lowest BCUT2D eigenvalue weighted by Gasteiger charge is -2.09. The SMILES string of the molecule is CC(=O)c1ccc(OC(=O)COc2ccc(Cl)cc2C)cc1. The molecule has 0 atom stereocenters. The normalized spacial score (nSPS) is 10.1. The van der Waals surface area contributed by atoms with Crippen molar-refractivity contribution in [2.24, 2.45) is 0 Å². The maximum absolute atomic E-state index is 11.7. The molecule has 0 radical (unpaired) electrons. The van der Waals surface area contributed by atoms with Gasteiger partial charge in [-0.3, -0.25) is 4.79 Å². The van der Waals surface area contributed by atoms with Gasteiger partial charge in [0.1, 0.15) is 11.5 Å². The van der Waals surface area contributed by atoms with Crippen LogP contribution in [0.1, 0.15) is 22.8 Å². The fraction of sp³-hybridized carbons (Fsp3) is 0.176. The predicted octanol–water partition coefficient (Wildman–Crippen LogP) is 3.84. The van der Waals surface area contributed by atoms with E-state index in [1.54, 1.807) is 42.5 Å². The van der Waals surface area contributed by atoms with Crippen molar-refractivity contribution in [2.75, 3.05) is 6.61 Å². The third-order valence-electron chi connectivity index (χ3n) is 2.98. The van der Waals surface area contributed by atoms with E-state index in [2.05, 4.69) is 0 Å². The maximum Gasteiger partial charge on any atom is 0.349 e. The van der Waals surface area contributed by atoms with E-state index in [1.807, 2.05) is 6.92 Å². The Morgan fingerprint density at radius 1 is 1.09 bits per heavy atom. The van der Waals surface area contributed by atoms with E-state index in [0.717, 1.165) is 5.56 Å². The van der Waals surface area contributed by atoms with Crippen molar-refractivity contribution in [3.05, 3.63) is 58.6 Å².